The van der Waals surface area contributed by atoms with E-state index in [2.05, 4.69) is 26.1 Å². The number of carbonyl (C=O) groups excluding carboxylic acids is 1. The van der Waals surface area contributed by atoms with E-state index in [0.717, 1.165) is 31.6 Å². The number of amides is 1. The van der Waals surface area contributed by atoms with Crippen LogP contribution in [-0.4, -0.2) is 18.5 Å². The first-order valence-corrected chi connectivity index (χ1v) is 7.62. The summed E-state index contributed by atoms with van der Waals surface area (Å²) < 4.78 is 0. The van der Waals surface area contributed by atoms with Gasteiger partial charge in [-0.25, -0.2) is 0 Å². The maximum Gasteiger partial charge on any atom is 0.227 e. The van der Waals surface area contributed by atoms with E-state index in [1.165, 1.54) is 19.3 Å². The van der Waals surface area contributed by atoms with Crippen LogP contribution in [0.2, 0.25) is 0 Å². The Morgan fingerprint density at radius 2 is 1.68 bits per heavy atom. The molecule has 0 saturated heterocycles. The van der Waals surface area contributed by atoms with Crippen LogP contribution in [0.1, 0.15) is 65.7 Å². The van der Waals surface area contributed by atoms with Gasteiger partial charge in [-0.05, 0) is 44.4 Å². The topological polar surface area (TPSA) is 55.1 Å². The largest absolute Gasteiger partial charge is 0.353 e. The molecule has 4 heteroatoms. The van der Waals surface area contributed by atoms with Crippen LogP contribution in [0.4, 0.5) is 0 Å². The minimum atomic E-state index is -0.346. The maximum absolute atomic E-state index is 12.4. The van der Waals surface area contributed by atoms with Crippen LogP contribution >= 0.6 is 12.4 Å². The van der Waals surface area contributed by atoms with Crippen molar-refractivity contribution in [2.45, 2.75) is 71.8 Å². The number of nitrogens with one attached hydrogen (secondary N) is 1. The van der Waals surface area contributed by atoms with E-state index in [1.807, 2.05) is 0 Å². The third-order valence-electron chi connectivity index (χ3n) is 4.99. The number of rotatable bonds is 6. The molecule has 19 heavy (non-hydrogen) atoms. The fourth-order valence-corrected chi connectivity index (χ4v) is 3.01. The summed E-state index contributed by atoms with van der Waals surface area (Å²) in [5.74, 6) is 1.05. The molecular weight excluding hydrogens is 260 g/mol. The zero-order chi connectivity index (χ0) is 13.6. The molecule has 1 rings (SSSR count). The molecule has 0 atom stereocenters. The highest BCUT2D eigenvalue weighted by Crippen LogP contribution is 2.29. The Bertz CT molecular complexity index is 251. The van der Waals surface area contributed by atoms with Crippen molar-refractivity contribution in [1.82, 2.24) is 5.32 Å². The third kappa shape index (κ3) is 4.64. The van der Waals surface area contributed by atoms with Crippen molar-refractivity contribution in [3.05, 3.63) is 0 Å². The molecule has 0 heterocycles. The van der Waals surface area contributed by atoms with Crippen molar-refractivity contribution in [2.75, 3.05) is 6.54 Å². The Kier molecular flexibility index (Phi) is 8.67. The molecule has 114 valence electrons. The van der Waals surface area contributed by atoms with E-state index in [0.29, 0.717) is 12.6 Å². The fourth-order valence-electron chi connectivity index (χ4n) is 3.01. The standard InChI is InChI=1S/C15H30N2O.ClH/c1-4-12-7-9-13(10-8-12)17-14(18)15(5-2,6-3)11-16;/h12-13H,4-11,16H2,1-3H3,(H,17,18);1H. The van der Waals surface area contributed by atoms with Crippen LogP contribution in [0, 0.1) is 11.3 Å². The minimum Gasteiger partial charge on any atom is -0.353 e. The quantitative estimate of drug-likeness (QED) is 0.789. The second-order valence-corrected chi connectivity index (χ2v) is 5.79. The van der Waals surface area contributed by atoms with E-state index < -0.39 is 0 Å². The molecular formula is C15H31ClN2O. The summed E-state index contributed by atoms with van der Waals surface area (Å²) >= 11 is 0. The summed E-state index contributed by atoms with van der Waals surface area (Å²) in [5, 5.41) is 3.24. The number of nitrogens with two attached hydrogens (primary N) is 1. The lowest BCUT2D eigenvalue weighted by Crippen LogP contribution is -2.49. The van der Waals surface area contributed by atoms with Gasteiger partial charge in [0.15, 0.2) is 0 Å². The maximum atomic E-state index is 12.4. The van der Waals surface area contributed by atoms with Gasteiger partial charge in [0.2, 0.25) is 5.91 Å². The Hall–Kier alpha value is -0.280. The highest BCUT2D eigenvalue weighted by Gasteiger charge is 2.35. The lowest BCUT2D eigenvalue weighted by atomic mass is 9.80. The van der Waals surface area contributed by atoms with Gasteiger partial charge in [-0.3, -0.25) is 4.79 Å². The summed E-state index contributed by atoms with van der Waals surface area (Å²) in [6, 6.07) is 0.379. The Morgan fingerprint density at radius 3 is 2.05 bits per heavy atom. The normalized spacial score (nSPS) is 23.6. The molecule has 0 bridgehead atoms. The van der Waals surface area contributed by atoms with E-state index in [4.69, 9.17) is 5.73 Å². The molecule has 3 N–H and O–H groups in total. The average molecular weight is 291 g/mol. The molecule has 1 saturated carbocycles. The summed E-state index contributed by atoms with van der Waals surface area (Å²) in [4.78, 5) is 12.4. The lowest BCUT2D eigenvalue weighted by Gasteiger charge is -2.34. The molecule has 0 spiro atoms. The smallest absolute Gasteiger partial charge is 0.227 e. The highest BCUT2D eigenvalue weighted by atomic mass is 35.5. The molecule has 1 aliphatic carbocycles. The second-order valence-electron chi connectivity index (χ2n) is 5.79. The molecule has 0 aromatic heterocycles. The first-order chi connectivity index (χ1) is 8.61. The second kappa shape index (κ2) is 8.80. The average Bonchev–Trinajstić information content (AvgIpc) is 2.42. The Morgan fingerprint density at radius 1 is 1.16 bits per heavy atom. The van der Waals surface area contributed by atoms with Crippen LogP contribution in [0.25, 0.3) is 0 Å². The molecule has 0 aromatic rings. The van der Waals surface area contributed by atoms with Crippen molar-refractivity contribution in [3.8, 4) is 0 Å². The van der Waals surface area contributed by atoms with Crippen molar-refractivity contribution >= 4 is 18.3 Å². The molecule has 0 aliphatic heterocycles. The first kappa shape index (κ1) is 18.7. The third-order valence-corrected chi connectivity index (χ3v) is 4.99. The molecule has 3 nitrogen and oxygen atoms in total. The van der Waals surface area contributed by atoms with Gasteiger partial charge < -0.3 is 11.1 Å². The first-order valence-electron chi connectivity index (χ1n) is 7.62. The van der Waals surface area contributed by atoms with Gasteiger partial charge in [0.1, 0.15) is 0 Å². The zero-order valence-corrected chi connectivity index (χ0v) is 13.5. The lowest BCUT2D eigenvalue weighted by molar-refractivity contribution is -0.132. The molecule has 1 fully saturated rings. The van der Waals surface area contributed by atoms with Crippen LogP contribution in [0.3, 0.4) is 0 Å². The molecule has 0 unspecified atom stereocenters. The summed E-state index contributed by atoms with van der Waals surface area (Å²) in [5.41, 5.74) is 5.47. The van der Waals surface area contributed by atoms with Gasteiger partial charge in [0.25, 0.3) is 0 Å². The van der Waals surface area contributed by atoms with E-state index in [9.17, 15) is 4.79 Å². The molecule has 0 radical (unpaired) electrons. The number of halogens is 1. The predicted octanol–water partition coefficient (Wildman–Crippen LogP) is 3.26. The van der Waals surface area contributed by atoms with E-state index in [1.54, 1.807) is 0 Å². The number of hydrogen-bond acceptors (Lipinski definition) is 2. The van der Waals surface area contributed by atoms with Crippen molar-refractivity contribution in [2.24, 2.45) is 17.1 Å². The van der Waals surface area contributed by atoms with Crippen LogP contribution in [0.15, 0.2) is 0 Å². The predicted molar refractivity (Wildman–Crippen MR) is 83.5 cm³/mol. The summed E-state index contributed by atoms with van der Waals surface area (Å²) in [6.07, 6.45) is 7.73. The van der Waals surface area contributed by atoms with Gasteiger partial charge in [0, 0.05) is 12.6 Å². The number of carbonyl (C=O) groups is 1. The fraction of sp³-hybridized carbons (Fsp3) is 0.933. The SMILES string of the molecule is CCC1CCC(NC(=O)C(CC)(CC)CN)CC1.Cl. The highest BCUT2D eigenvalue weighted by molar-refractivity contribution is 5.85. The Balaban J connectivity index is 0.00000324. The Labute approximate surface area is 124 Å². The molecule has 0 aromatic carbocycles. The molecule has 1 amide bonds. The molecule has 1 aliphatic rings. The van der Waals surface area contributed by atoms with Crippen LogP contribution in [-0.2, 0) is 4.79 Å². The summed E-state index contributed by atoms with van der Waals surface area (Å²) in [7, 11) is 0. The van der Waals surface area contributed by atoms with Crippen molar-refractivity contribution < 1.29 is 4.79 Å². The summed E-state index contributed by atoms with van der Waals surface area (Å²) in [6.45, 7) is 6.83. The monoisotopic (exact) mass is 290 g/mol. The van der Waals surface area contributed by atoms with Gasteiger partial charge in [0.05, 0.1) is 5.41 Å². The van der Waals surface area contributed by atoms with Gasteiger partial charge in [-0.1, -0.05) is 27.2 Å². The van der Waals surface area contributed by atoms with Crippen LogP contribution < -0.4 is 11.1 Å². The van der Waals surface area contributed by atoms with Crippen LogP contribution in [0.5, 0.6) is 0 Å². The van der Waals surface area contributed by atoms with E-state index >= 15 is 0 Å². The van der Waals surface area contributed by atoms with Gasteiger partial charge in [-0.2, -0.15) is 0 Å². The number of hydrogen-bond donors (Lipinski definition) is 2. The zero-order valence-electron chi connectivity index (χ0n) is 12.7. The van der Waals surface area contributed by atoms with Crippen molar-refractivity contribution in [1.29, 1.82) is 0 Å². The van der Waals surface area contributed by atoms with E-state index in [-0.39, 0.29) is 23.7 Å². The van der Waals surface area contributed by atoms with Crippen molar-refractivity contribution in [3.63, 3.8) is 0 Å². The van der Waals surface area contributed by atoms with Gasteiger partial charge >= 0.3 is 0 Å². The van der Waals surface area contributed by atoms with Gasteiger partial charge in [-0.15, -0.1) is 12.4 Å². The minimum absolute atomic E-state index is 0.